The van der Waals surface area contributed by atoms with Crippen molar-refractivity contribution in [3.05, 3.63) is 35.9 Å². The largest absolute Gasteiger partial charge is 0.326 e. The van der Waals surface area contributed by atoms with Crippen LogP contribution in [0.4, 0.5) is 0 Å². The van der Waals surface area contributed by atoms with Crippen LogP contribution in [0.5, 0.6) is 0 Å². The van der Waals surface area contributed by atoms with Crippen molar-refractivity contribution in [2.75, 3.05) is 26.7 Å². The summed E-state index contributed by atoms with van der Waals surface area (Å²) >= 11 is 0. The van der Waals surface area contributed by atoms with E-state index in [4.69, 9.17) is 0 Å². The molecule has 0 aromatic heterocycles. The highest BCUT2D eigenvalue weighted by Gasteiger charge is 2.41. The monoisotopic (exact) mass is 246 g/mol. The van der Waals surface area contributed by atoms with E-state index in [1.807, 2.05) is 18.2 Å². The average molecular weight is 246 g/mol. The summed E-state index contributed by atoms with van der Waals surface area (Å²) in [5, 5.41) is 0. The van der Waals surface area contributed by atoms with E-state index in [0.29, 0.717) is 0 Å². The Kier molecular flexibility index (Phi) is 3.86. The van der Waals surface area contributed by atoms with Gasteiger partial charge in [0.05, 0.1) is 32.1 Å². The summed E-state index contributed by atoms with van der Waals surface area (Å²) in [6.45, 7) is 5.69. The molecule has 98 valence electrons. The molecule has 1 aliphatic heterocycles. The molecule has 0 radical (unpaired) electrons. The van der Waals surface area contributed by atoms with Gasteiger partial charge in [-0.2, -0.15) is 0 Å². The smallest absolute Gasteiger partial charge is 0.130 e. The number of piperidine rings is 1. The van der Waals surface area contributed by atoms with E-state index in [2.05, 4.69) is 26.1 Å². The summed E-state index contributed by atoms with van der Waals surface area (Å²) in [4.78, 5) is 11.6. The van der Waals surface area contributed by atoms with Crippen LogP contribution >= 0.6 is 0 Å². The molecule has 0 atom stereocenters. The van der Waals surface area contributed by atoms with Crippen molar-refractivity contribution in [1.82, 2.24) is 0 Å². The summed E-state index contributed by atoms with van der Waals surface area (Å²) in [6.07, 6.45) is 4.38. The fourth-order valence-corrected chi connectivity index (χ4v) is 3.18. The van der Waals surface area contributed by atoms with E-state index < -0.39 is 0 Å². The Morgan fingerprint density at radius 2 is 1.83 bits per heavy atom. The molecule has 1 saturated heterocycles. The second kappa shape index (κ2) is 5.23. The Hall–Kier alpha value is -1.15. The van der Waals surface area contributed by atoms with Gasteiger partial charge in [0.2, 0.25) is 0 Å². The number of nitrogens with zero attached hydrogens (tertiary/aromatic N) is 1. The third-order valence-corrected chi connectivity index (χ3v) is 4.53. The number of rotatable bonds is 4. The Morgan fingerprint density at radius 1 is 1.22 bits per heavy atom. The lowest BCUT2D eigenvalue weighted by molar-refractivity contribution is -0.915. The molecule has 1 heterocycles. The first-order valence-corrected chi connectivity index (χ1v) is 7.00. The Balaban J connectivity index is 2.16. The SMILES string of the molecule is CCC[N+]1(C)CCC(C=O)(c2ccccc2)CC1. The highest BCUT2D eigenvalue weighted by Crippen LogP contribution is 2.35. The number of benzene rings is 1. The molecule has 0 amide bonds. The molecule has 1 aliphatic rings. The Bertz CT molecular complexity index is 391. The van der Waals surface area contributed by atoms with Crippen molar-refractivity contribution in [2.24, 2.45) is 0 Å². The summed E-state index contributed by atoms with van der Waals surface area (Å²) in [5.74, 6) is 0. The van der Waals surface area contributed by atoms with Gasteiger partial charge in [0.15, 0.2) is 0 Å². The lowest BCUT2D eigenvalue weighted by Gasteiger charge is -2.44. The molecule has 18 heavy (non-hydrogen) atoms. The molecule has 0 bridgehead atoms. The zero-order valence-corrected chi connectivity index (χ0v) is 11.6. The summed E-state index contributed by atoms with van der Waals surface area (Å²) in [6, 6.07) is 10.3. The quantitative estimate of drug-likeness (QED) is 0.590. The lowest BCUT2D eigenvalue weighted by Crippen LogP contribution is -2.54. The maximum Gasteiger partial charge on any atom is 0.130 e. The van der Waals surface area contributed by atoms with Crippen LogP contribution in [0.25, 0.3) is 0 Å². The summed E-state index contributed by atoms with van der Waals surface area (Å²) in [7, 11) is 2.32. The average Bonchev–Trinajstić information content (AvgIpc) is 2.41. The Labute approximate surface area is 110 Å². The first kappa shape index (κ1) is 13.3. The Morgan fingerprint density at radius 3 is 2.33 bits per heavy atom. The van der Waals surface area contributed by atoms with Gasteiger partial charge in [-0.15, -0.1) is 0 Å². The fourth-order valence-electron chi connectivity index (χ4n) is 3.18. The van der Waals surface area contributed by atoms with Gasteiger partial charge in [-0.1, -0.05) is 37.3 Å². The van der Waals surface area contributed by atoms with Crippen LogP contribution in [-0.2, 0) is 10.2 Å². The van der Waals surface area contributed by atoms with Crippen molar-refractivity contribution >= 4 is 6.29 Å². The van der Waals surface area contributed by atoms with Crippen molar-refractivity contribution in [1.29, 1.82) is 0 Å². The number of carbonyl (C=O) groups excluding carboxylic acids is 1. The van der Waals surface area contributed by atoms with Gasteiger partial charge in [0.1, 0.15) is 6.29 Å². The van der Waals surface area contributed by atoms with Crippen LogP contribution < -0.4 is 0 Å². The van der Waals surface area contributed by atoms with Gasteiger partial charge < -0.3 is 9.28 Å². The zero-order valence-electron chi connectivity index (χ0n) is 11.6. The van der Waals surface area contributed by atoms with Crippen molar-refractivity contribution < 1.29 is 9.28 Å². The van der Waals surface area contributed by atoms with Crippen molar-refractivity contribution in [2.45, 2.75) is 31.6 Å². The minimum absolute atomic E-state index is 0.229. The normalized spacial score (nSPS) is 32.1. The van der Waals surface area contributed by atoms with Gasteiger partial charge in [-0.3, -0.25) is 0 Å². The van der Waals surface area contributed by atoms with Crippen molar-refractivity contribution in [3.63, 3.8) is 0 Å². The first-order chi connectivity index (χ1) is 8.64. The van der Waals surface area contributed by atoms with E-state index in [0.717, 1.165) is 30.4 Å². The number of hydrogen-bond donors (Lipinski definition) is 0. The molecular weight excluding hydrogens is 222 g/mol. The second-order valence-corrected chi connectivity index (χ2v) is 5.93. The number of likely N-dealkylation sites (tertiary alicyclic amines) is 1. The number of carbonyl (C=O) groups is 1. The number of aldehydes is 1. The second-order valence-electron chi connectivity index (χ2n) is 5.93. The van der Waals surface area contributed by atoms with Crippen LogP contribution in [0, 0.1) is 0 Å². The number of hydrogen-bond acceptors (Lipinski definition) is 1. The van der Waals surface area contributed by atoms with Crippen LogP contribution in [0.2, 0.25) is 0 Å². The zero-order chi connectivity index (χ0) is 13.1. The van der Waals surface area contributed by atoms with E-state index in [9.17, 15) is 4.79 Å². The van der Waals surface area contributed by atoms with E-state index >= 15 is 0 Å². The molecule has 2 heteroatoms. The molecule has 0 N–H and O–H groups in total. The van der Waals surface area contributed by atoms with Gasteiger partial charge in [0.25, 0.3) is 0 Å². The van der Waals surface area contributed by atoms with Crippen LogP contribution in [-0.4, -0.2) is 37.5 Å². The third-order valence-electron chi connectivity index (χ3n) is 4.53. The first-order valence-electron chi connectivity index (χ1n) is 7.00. The standard InChI is InChI=1S/C16H24NO/c1-3-11-17(2)12-9-16(14-18,10-13-17)15-7-5-4-6-8-15/h4-8,14H,3,9-13H2,1-2H3/q+1. The molecule has 0 saturated carbocycles. The van der Waals surface area contributed by atoms with E-state index in [1.165, 1.54) is 24.8 Å². The molecule has 1 aromatic carbocycles. The number of quaternary nitrogens is 1. The highest BCUT2D eigenvalue weighted by atomic mass is 16.1. The molecule has 0 unspecified atom stereocenters. The minimum atomic E-state index is -0.229. The molecule has 0 aliphatic carbocycles. The van der Waals surface area contributed by atoms with Gasteiger partial charge in [-0.05, 0) is 12.0 Å². The summed E-state index contributed by atoms with van der Waals surface area (Å²) in [5.41, 5.74) is 0.968. The van der Waals surface area contributed by atoms with Crippen LogP contribution in [0.1, 0.15) is 31.7 Å². The maximum absolute atomic E-state index is 11.6. The molecular formula is C16H24NO+. The molecule has 1 aromatic rings. The molecule has 2 nitrogen and oxygen atoms in total. The predicted octanol–water partition coefficient (Wildman–Crippen LogP) is 2.77. The van der Waals surface area contributed by atoms with Gasteiger partial charge in [-0.25, -0.2) is 0 Å². The maximum atomic E-state index is 11.6. The van der Waals surface area contributed by atoms with Crippen LogP contribution in [0.15, 0.2) is 30.3 Å². The topological polar surface area (TPSA) is 17.1 Å². The predicted molar refractivity (Wildman–Crippen MR) is 74.5 cm³/mol. The van der Waals surface area contributed by atoms with Gasteiger partial charge >= 0.3 is 0 Å². The molecule has 1 fully saturated rings. The van der Waals surface area contributed by atoms with Crippen LogP contribution in [0.3, 0.4) is 0 Å². The van der Waals surface area contributed by atoms with E-state index in [1.54, 1.807) is 0 Å². The van der Waals surface area contributed by atoms with E-state index in [-0.39, 0.29) is 5.41 Å². The third kappa shape index (κ3) is 2.49. The van der Waals surface area contributed by atoms with Crippen molar-refractivity contribution in [3.8, 4) is 0 Å². The highest BCUT2D eigenvalue weighted by molar-refractivity contribution is 5.68. The minimum Gasteiger partial charge on any atom is -0.326 e. The fraction of sp³-hybridized carbons (Fsp3) is 0.562. The lowest BCUT2D eigenvalue weighted by atomic mass is 9.73. The van der Waals surface area contributed by atoms with Gasteiger partial charge in [0, 0.05) is 12.8 Å². The summed E-state index contributed by atoms with van der Waals surface area (Å²) < 4.78 is 1.12. The molecule has 2 rings (SSSR count). The molecule has 0 spiro atoms.